The molecule has 1 aromatic carbocycles. The molecular weight excluding hydrogens is 328 g/mol. The predicted octanol–water partition coefficient (Wildman–Crippen LogP) is 3.38. The summed E-state index contributed by atoms with van der Waals surface area (Å²) in [4.78, 5) is 15.7. The van der Waals surface area contributed by atoms with Crippen LogP contribution in [-0.4, -0.2) is 34.9 Å². The van der Waals surface area contributed by atoms with E-state index in [1.165, 1.54) is 11.1 Å². The van der Waals surface area contributed by atoms with Gasteiger partial charge in [-0.2, -0.15) is 0 Å². The lowest BCUT2D eigenvalue weighted by molar-refractivity contribution is 0.407. The highest BCUT2D eigenvalue weighted by Crippen LogP contribution is 2.35. The van der Waals surface area contributed by atoms with E-state index in [4.69, 9.17) is 4.74 Å². The first-order chi connectivity index (χ1) is 11.3. The van der Waals surface area contributed by atoms with Gasteiger partial charge in [-0.3, -0.25) is 0 Å². The molecule has 2 aromatic heterocycles. The summed E-state index contributed by atoms with van der Waals surface area (Å²) in [5.74, 6) is 1.97. The number of thioether (sulfide) groups is 1. The van der Waals surface area contributed by atoms with E-state index in [2.05, 4.69) is 32.0 Å². The first kappa shape index (κ1) is 14.7. The summed E-state index contributed by atoms with van der Waals surface area (Å²) in [5, 5.41) is 0. The van der Waals surface area contributed by atoms with Gasteiger partial charge in [0.1, 0.15) is 16.8 Å². The van der Waals surface area contributed by atoms with E-state index in [1.54, 1.807) is 36.5 Å². The third kappa shape index (κ3) is 2.53. The fourth-order valence-corrected chi connectivity index (χ4v) is 4.51. The Kier molecular flexibility index (Phi) is 3.82. The van der Waals surface area contributed by atoms with E-state index in [0.717, 1.165) is 45.8 Å². The SMILES string of the molecule is COc1cccc2c1CCN(c1ncnc3nc(SC)sc13)C2. The number of fused-ring (bicyclic) bond motifs is 2. The quantitative estimate of drug-likeness (QED) is 0.679. The zero-order chi connectivity index (χ0) is 15.8. The monoisotopic (exact) mass is 344 g/mol. The van der Waals surface area contributed by atoms with Gasteiger partial charge in [0.05, 0.1) is 7.11 Å². The largest absolute Gasteiger partial charge is 0.496 e. The fourth-order valence-electron chi connectivity index (χ4n) is 2.98. The van der Waals surface area contributed by atoms with E-state index < -0.39 is 0 Å². The number of aromatic nitrogens is 3. The molecule has 0 unspecified atom stereocenters. The molecule has 3 heterocycles. The highest BCUT2D eigenvalue weighted by atomic mass is 32.2. The lowest BCUT2D eigenvalue weighted by Gasteiger charge is -2.30. The zero-order valence-electron chi connectivity index (χ0n) is 12.9. The van der Waals surface area contributed by atoms with Crippen LogP contribution in [0.3, 0.4) is 0 Å². The van der Waals surface area contributed by atoms with Gasteiger partial charge in [0.2, 0.25) is 0 Å². The Morgan fingerprint density at radius 1 is 1.30 bits per heavy atom. The van der Waals surface area contributed by atoms with Crippen molar-refractivity contribution in [3.05, 3.63) is 35.7 Å². The molecule has 3 aromatic rings. The number of hydrogen-bond donors (Lipinski definition) is 0. The minimum absolute atomic E-state index is 0.792. The maximum absolute atomic E-state index is 5.49. The van der Waals surface area contributed by atoms with Crippen LogP contribution >= 0.6 is 23.1 Å². The Labute approximate surface area is 142 Å². The predicted molar refractivity (Wildman–Crippen MR) is 94.7 cm³/mol. The number of benzene rings is 1. The van der Waals surface area contributed by atoms with Crippen LogP contribution in [0.5, 0.6) is 5.75 Å². The molecule has 0 bridgehead atoms. The van der Waals surface area contributed by atoms with Crippen molar-refractivity contribution in [1.29, 1.82) is 0 Å². The zero-order valence-corrected chi connectivity index (χ0v) is 14.6. The van der Waals surface area contributed by atoms with Crippen molar-refractivity contribution in [3.8, 4) is 5.75 Å². The third-order valence-corrected chi connectivity index (χ3v) is 6.10. The average molecular weight is 344 g/mol. The molecule has 0 radical (unpaired) electrons. The summed E-state index contributed by atoms with van der Waals surface area (Å²) in [6.45, 7) is 1.76. The van der Waals surface area contributed by atoms with Gasteiger partial charge in [-0.15, -0.1) is 11.3 Å². The van der Waals surface area contributed by atoms with Gasteiger partial charge >= 0.3 is 0 Å². The van der Waals surface area contributed by atoms with E-state index in [0.29, 0.717) is 0 Å². The maximum atomic E-state index is 5.49. The van der Waals surface area contributed by atoms with Gasteiger partial charge < -0.3 is 9.64 Å². The summed E-state index contributed by atoms with van der Waals surface area (Å²) in [5.41, 5.74) is 3.41. The lowest BCUT2D eigenvalue weighted by atomic mass is 9.99. The van der Waals surface area contributed by atoms with Gasteiger partial charge in [-0.1, -0.05) is 23.9 Å². The van der Waals surface area contributed by atoms with Gasteiger partial charge in [-0.05, 0) is 24.3 Å². The van der Waals surface area contributed by atoms with E-state index in [1.807, 2.05) is 12.3 Å². The minimum atomic E-state index is 0.792. The second-order valence-electron chi connectivity index (χ2n) is 5.30. The van der Waals surface area contributed by atoms with Crippen LogP contribution in [0.2, 0.25) is 0 Å². The molecule has 0 aliphatic carbocycles. The van der Waals surface area contributed by atoms with Crippen LogP contribution in [0.1, 0.15) is 11.1 Å². The number of hydrogen-bond acceptors (Lipinski definition) is 7. The number of rotatable bonds is 3. The van der Waals surface area contributed by atoms with Crippen LogP contribution in [0.4, 0.5) is 5.82 Å². The van der Waals surface area contributed by atoms with Crippen LogP contribution in [0, 0.1) is 0 Å². The molecule has 118 valence electrons. The van der Waals surface area contributed by atoms with Crippen LogP contribution in [-0.2, 0) is 13.0 Å². The highest BCUT2D eigenvalue weighted by Gasteiger charge is 2.23. The summed E-state index contributed by atoms with van der Waals surface area (Å²) >= 11 is 3.31. The highest BCUT2D eigenvalue weighted by molar-refractivity contribution is 8.00. The number of ether oxygens (including phenoxy) is 1. The summed E-state index contributed by atoms with van der Waals surface area (Å²) in [6.07, 6.45) is 4.61. The van der Waals surface area contributed by atoms with Crippen molar-refractivity contribution >= 4 is 39.3 Å². The minimum Gasteiger partial charge on any atom is -0.496 e. The van der Waals surface area contributed by atoms with E-state index in [-0.39, 0.29) is 0 Å². The van der Waals surface area contributed by atoms with Crippen molar-refractivity contribution in [2.24, 2.45) is 0 Å². The Morgan fingerprint density at radius 3 is 3.04 bits per heavy atom. The first-order valence-corrected chi connectivity index (χ1v) is 9.39. The topological polar surface area (TPSA) is 51.1 Å². The molecule has 0 saturated carbocycles. The second kappa shape index (κ2) is 5.98. The van der Waals surface area contributed by atoms with Gasteiger partial charge in [-0.25, -0.2) is 15.0 Å². The standard InChI is InChI=1S/C16H16N4OS2/c1-21-12-5-3-4-10-8-20(7-6-11(10)12)15-13-14(17-9-18-15)19-16(22-2)23-13/h3-5,9H,6-8H2,1-2H3. The Hall–Kier alpha value is -1.86. The molecular formula is C16H16N4OS2. The molecule has 0 fully saturated rings. The van der Waals surface area contributed by atoms with Gasteiger partial charge in [0.15, 0.2) is 15.8 Å². The van der Waals surface area contributed by atoms with Crippen molar-refractivity contribution in [3.63, 3.8) is 0 Å². The number of methoxy groups -OCH3 is 1. The molecule has 0 N–H and O–H groups in total. The third-order valence-electron chi connectivity index (χ3n) is 4.07. The van der Waals surface area contributed by atoms with E-state index in [9.17, 15) is 0 Å². The maximum Gasteiger partial charge on any atom is 0.176 e. The second-order valence-corrected chi connectivity index (χ2v) is 7.36. The molecule has 23 heavy (non-hydrogen) atoms. The lowest BCUT2D eigenvalue weighted by Crippen LogP contribution is -2.31. The Morgan fingerprint density at radius 2 is 2.22 bits per heavy atom. The molecule has 0 amide bonds. The number of anilines is 1. The van der Waals surface area contributed by atoms with Gasteiger partial charge in [0, 0.05) is 18.7 Å². The van der Waals surface area contributed by atoms with Crippen molar-refractivity contribution in [1.82, 2.24) is 15.0 Å². The summed E-state index contributed by atoms with van der Waals surface area (Å²) in [6, 6.07) is 6.25. The van der Waals surface area contributed by atoms with Crippen molar-refractivity contribution in [2.75, 3.05) is 24.8 Å². The molecule has 0 atom stereocenters. The van der Waals surface area contributed by atoms with Crippen LogP contribution < -0.4 is 9.64 Å². The van der Waals surface area contributed by atoms with Crippen LogP contribution in [0.15, 0.2) is 28.9 Å². The van der Waals surface area contributed by atoms with Crippen molar-refractivity contribution in [2.45, 2.75) is 17.3 Å². The normalized spacial score (nSPS) is 14.1. The molecule has 7 heteroatoms. The summed E-state index contributed by atoms with van der Waals surface area (Å²) in [7, 11) is 1.73. The fraction of sp³-hybridized carbons (Fsp3) is 0.312. The number of thiazole rings is 1. The summed E-state index contributed by atoms with van der Waals surface area (Å²) < 4.78 is 7.59. The molecule has 1 aliphatic heterocycles. The molecule has 0 spiro atoms. The Balaban J connectivity index is 1.73. The average Bonchev–Trinajstić information content (AvgIpc) is 3.04. The molecule has 5 nitrogen and oxygen atoms in total. The smallest absolute Gasteiger partial charge is 0.176 e. The number of nitrogens with zero attached hydrogens (tertiary/aromatic N) is 4. The van der Waals surface area contributed by atoms with E-state index >= 15 is 0 Å². The molecule has 4 rings (SSSR count). The Bertz CT molecular complexity index is 864. The molecule has 0 saturated heterocycles. The first-order valence-electron chi connectivity index (χ1n) is 7.35. The van der Waals surface area contributed by atoms with Crippen LogP contribution in [0.25, 0.3) is 10.3 Å². The van der Waals surface area contributed by atoms with Crippen molar-refractivity contribution < 1.29 is 4.74 Å². The van der Waals surface area contributed by atoms with Gasteiger partial charge in [0.25, 0.3) is 0 Å². The molecule has 1 aliphatic rings.